The molecule has 0 aliphatic heterocycles. The first-order valence-electron chi connectivity index (χ1n) is 5.93. The minimum atomic E-state index is -0.462. The molecule has 0 aromatic carbocycles. The van der Waals surface area contributed by atoms with Gasteiger partial charge in [0.25, 0.3) is 0 Å². The highest BCUT2D eigenvalue weighted by molar-refractivity contribution is 6.02. The van der Waals surface area contributed by atoms with Gasteiger partial charge in [-0.05, 0) is 26.2 Å². The fourth-order valence-corrected chi connectivity index (χ4v) is 1.94. The number of carbonyl (C=O) groups is 1. The van der Waals surface area contributed by atoms with Crippen LogP contribution in [0.25, 0.3) is 0 Å². The Kier molecular flexibility index (Phi) is 4.58. The number of nitrogens with two attached hydrogens (primary N) is 1. The average molecular weight is 227 g/mol. The van der Waals surface area contributed by atoms with Crippen LogP contribution < -0.4 is 5.73 Å². The lowest BCUT2D eigenvalue weighted by atomic mass is 10.0. The Labute approximate surface area is 96.3 Å². The summed E-state index contributed by atoms with van der Waals surface area (Å²) >= 11 is 0. The molecule has 1 aliphatic rings. The quantitative estimate of drug-likeness (QED) is 0.309. The highest BCUT2D eigenvalue weighted by atomic mass is 16.4. The summed E-state index contributed by atoms with van der Waals surface area (Å²) in [7, 11) is 0. The maximum Gasteiger partial charge on any atom is 0.233 e. The number of hydrogen-bond donors (Lipinski definition) is 2. The van der Waals surface area contributed by atoms with Gasteiger partial charge in [-0.1, -0.05) is 18.5 Å². The second-order valence-corrected chi connectivity index (χ2v) is 4.22. The SMILES string of the molecule is CCCC(C(=O)N(CC)C1CC1)C(N)=NO. The molecule has 1 saturated carbocycles. The van der Waals surface area contributed by atoms with Crippen LogP contribution in [0.15, 0.2) is 5.16 Å². The van der Waals surface area contributed by atoms with E-state index in [0.29, 0.717) is 19.0 Å². The van der Waals surface area contributed by atoms with Crippen molar-refractivity contribution in [3.05, 3.63) is 0 Å². The van der Waals surface area contributed by atoms with E-state index in [-0.39, 0.29) is 11.7 Å². The Morgan fingerprint density at radius 1 is 1.56 bits per heavy atom. The molecule has 0 heterocycles. The molecule has 5 heteroatoms. The topological polar surface area (TPSA) is 78.9 Å². The van der Waals surface area contributed by atoms with Crippen molar-refractivity contribution in [2.75, 3.05) is 6.54 Å². The maximum atomic E-state index is 12.2. The van der Waals surface area contributed by atoms with E-state index in [9.17, 15) is 4.79 Å². The van der Waals surface area contributed by atoms with Gasteiger partial charge in [0, 0.05) is 12.6 Å². The van der Waals surface area contributed by atoms with E-state index in [0.717, 1.165) is 19.3 Å². The van der Waals surface area contributed by atoms with Crippen molar-refractivity contribution in [3.63, 3.8) is 0 Å². The van der Waals surface area contributed by atoms with Gasteiger partial charge in [-0.2, -0.15) is 0 Å². The van der Waals surface area contributed by atoms with Gasteiger partial charge in [-0.3, -0.25) is 4.79 Å². The Morgan fingerprint density at radius 2 is 2.19 bits per heavy atom. The number of amides is 1. The molecule has 3 N–H and O–H groups in total. The minimum Gasteiger partial charge on any atom is -0.409 e. The average Bonchev–Trinajstić information content (AvgIpc) is 3.10. The number of nitrogens with zero attached hydrogens (tertiary/aromatic N) is 2. The molecular formula is C11H21N3O2. The molecule has 1 aliphatic carbocycles. The molecule has 16 heavy (non-hydrogen) atoms. The summed E-state index contributed by atoms with van der Waals surface area (Å²) in [4.78, 5) is 14.0. The van der Waals surface area contributed by atoms with Crippen molar-refractivity contribution in [3.8, 4) is 0 Å². The van der Waals surface area contributed by atoms with Gasteiger partial charge in [0.05, 0.1) is 5.92 Å². The molecule has 1 rings (SSSR count). The van der Waals surface area contributed by atoms with E-state index < -0.39 is 5.92 Å². The Morgan fingerprint density at radius 3 is 2.56 bits per heavy atom. The van der Waals surface area contributed by atoms with Gasteiger partial charge in [0.1, 0.15) is 0 Å². The van der Waals surface area contributed by atoms with E-state index >= 15 is 0 Å². The predicted octanol–water partition coefficient (Wildman–Crippen LogP) is 1.16. The molecule has 1 unspecified atom stereocenters. The second-order valence-electron chi connectivity index (χ2n) is 4.22. The summed E-state index contributed by atoms with van der Waals surface area (Å²) in [6, 6.07) is 0.378. The van der Waals surface area contributed by atoms with E-state index in [1.165, 1.54) is 0 Å². The summed E-state index contributed by atoms with van der Waals surface area (Å²) in [6.45, 7) is 4.65. The number of carbonyl (C=O) groups excluding carboxylic acids is 1. The van der Waals surface area contributed by atoms with E-state index in [4.69, 9.17) is 10.9 Å². The first-order valence-corrected chi connectivity index (χ1v) is 5.93. The van der Waals surface area contributed by atoms with Crippen molar-refractivity contribution in [1.82, 2.24) is 4.90 Å². The fourth-order valence-electron chi connectivity index (χ4n) is 1.94. The third-order valence-electron chi connectivity index (χ3n) is 2.96. The van der Waals surface area contributed by atoms with E-state index in [2.05, 4.69) is 5.16 Å². The largest absolute Gasteiger partial charge is 0.409 e. The Balaban J connectivity index is 2.72. The third kappa shape index (κ3) is 2.87. The Hall–Kier alpha value is -1.26. The normalized spacial score (nSPS) is 18.2. The van der Waals surface area contributed by atoms with Gasteiger partial charge in [0.2, 0.25) is 5.91 Å². The minimum absolute atomic E-state index is 0.00199. The predicted molar refractivity (Wildman–Crippen MR) is 62.2 cm³/mol. The van der Waals surface area contributed by atoms with Gasteiger partial charge >= 0.3 is 0 Å². The summed E-state index contributed by atoms with van der Waals surface area (Å²) in [5.74, 6) is -0.427. The third-order valence-corrected chi connectivity index (χ3v) is 2.96. The lowest BCUT2D eigenvalue weighted by molar-refractivity contribution is -0.134. The van der Waals surface area contributed by atoms with Crippen molar-refractivity contribution in [2.24, 2.45) is 16.8 Å². The fraction of sp³-hybridized carbons (Fsp3) is 0.818. The summed E-state index contributed by atoms with van der Waals surface area (Å²) in [5.41, 5.74) is 5.57. The van der Waals surface area contributed by atoms with Crippen LogP contribution in [-0.4, -0.2) is 34.4 Å². The second kappa shape index (κ2) is 5.72. The molecule has 0 aromatic heterocycles. The molecule has 92 valence electrons. The van der Waals surface area contributed by atoms with Crippen LogP contribution >= 0.6 is 0 Å². The van der Waals surface area contributed by atoms with E-state index in [1.807, 2.05) is 18.7 Å². The molecule has 0 spiro atoms. The number of hydrogen-bond acceptors (Lipinski definition) is 3. The van der Waals surface area contributed by atoms with Gasteiger partial charge in [-0.15, -0.1) is 0 Å². The molecule has 1 fully saturated rings. The van der Waals surface area contributed by atoms with Crippen LogP contribution in [0, 0.1) is 5.92 Å². The molecule has 0 radical (unpaired) electrons. The number of oxime groups is 1. The smallest absolute Gasteiger partial charge is 0.233 e. The van der Waals surface area contributed by atoms with Crippen LogP contribution in [0.2, 0.25) is 0 Å². The van der Waals surface area contributed by atoms with Crippen molar-refractivity contribution in [1.29, 1.82) is 0 Å². The summed E-state index contributed by atoms with van der Waals surface area (Å²) in [5, 5.41) is 11.7. The zero-order valence-electron chi connectivity index (χ0n) is 10.0. The number of rotatable bonds is 6. The van der Waals surface area contributed by atoms with Crippen LogP contribution in [0.3, 0.4) is 0 Å². The molecule has 0 aromatic rings. The molecule has 1 atom stereocenters. The van der Waals surface area contributed by atoms with Crippen molar-refractivity contribution in [2.45, 2.75) is 45.6 Å². The molecule has 0 saturated heterocycles. The first-order chi connectivity index (χ1) is 7.65. The van der Waals surface area contributed by atoms with Crippen LogP contribution in [0.4, 0.5) is 0 Å². The lowest BCUT2D eigenvalue weighted by Gasteiger charge is -2.25. The van der Waals surface area contributed by atoms with E-state index in [1.54, 1.807) is 0 Å². The van der Waals surface area contributed by atoms with Crippen molar-refractivity contribution < 1.29 is 10.0 Å². The molecule has 1 amide bonds. The Bertz CT molecular complexity index is 274. The van der Waals surface area contributed by atoms with Gasteiger partial charge < -0.3 is 15.8 Å². The van der Waals surface area contributed by atoms with Gasteiger partial charge in [0.15, 0.2) is 5.84 Å². The molecular weight excluding hydrogens is 206 g/mol. The number of amidine groups is 1. The van der Waals surface area contributed by atoms with Crippen LogP contribution in [0.5, 0.6) is 0 Å². The summed E-state index contributed by atoms with van der Waals surface area (Å²) < 4.78 is 0. The standard InChI is InChI=1S/C11H21N3O2/c1-3-5-9(10(12)13-16)11(15)14(4-2)8-6-7-8/h8-9,16H,3-7H2,1-2H3,(H2,12,13). The molecule has 5 nitrogen and oxygen atoms in total. The highest BCUT2D eigenvalue weighted by Crippen LogP contribution is 2.28. The lowest BCUT2D eigenvalue weighted by Crippen LogP contribution is -2.43. The zero-order valence-corrected chi connectivity index (χ0v) is 10.0. The van der Waals surface area contributed by atoms with Crippen LogP contribution in [0.1, 0.15) is 39.5 Å². The van der Waals surface area contributed by atoms with Crippen molar-refractivity contribution >= 4 is 11.7 Å². The zero-order chi connectivity index (χ0) is 12.1. The van der Waals surface area contributed by atoms with Gasteiger partial charge in [-0.25, -0.2) is 0 Å². The van der Waals surface area contributed by atoms with Crippen LogP contribution in [-0.2, 0) is 4.79 Å². The maximum absolute atomic E-state index is 12.2. The first kappa shape index (κ1) is 12.8. The summed E-state index contributed by atoms with van der Waals surface area (Å²) in [6.07, 6.45) is 3.63. The molecule has 0 bridgehead atoms. The monoisotopic (exact) mass is 227 g/mol. The highest BCUT2D eigenvalue weighted by Gasteiger charge is 2.35.